The van der Waals surface area contributed by atoms with Crippen LogP contribution < -0.4 is 4.52 Å². The number of nitrogens with zero attached hydrogens (tertiary/aromatic N) is 1. The lowest BCUT2D eigenvalue weighted by Gasteiger charge is -2.13. The molecule has 0 aliphatic rings. The maximum absolute atomic E-state index is 12.5. The van der Waals surface area contributed by atoms with Crippen molar-refractivity contribution in [3.8, 4) is 5.19 Å². The summed E-state index contributed by atoms with van der Waals surface area (Å²) in [5.41, 5.74) is 0.562. The van der Waals surface area contributed by atoms with Gasteiger partial charge in [0.2, 0.25) is 0 Å². The Morgan fingerprint density at radius 1 is 1.30 bits per heavy atom. The molecule has 1 rings (SSSR count). The second-order valence-electron chi connectivity index (χ2n) is 3.45. The highest BCUT2D eigenvalue weighted by molar-refractivity contribution is 8.87. The van der Waals surface area contributed by atoms with Gasteiger partial charge in [-0.2, -0.15) is 0 Å². The number of Topliss-reactive ketones (excluding diaryl/α,β-unsaturated/α-hetero) is 1. The van der Waals surface area contributed by atoms with Crippen LogP contribution in [0.4, 0.5) is 0 Å². The van der Waals surface area contributed by atoms with E-state index in [1.807, 2.05) is 0 Å². The van der Waals surface area contributed by atoms with E-state index in [0.717, 1.165) is 34.7 Å². The molecule has 0 unspecified atom stereocenters. The number of carbonyl (C=O) groups is 1. The lowest BCUT2D eigenvalue weighted by molar-refractivity contribution is 0.102. The number of thiazole rings is 1. The Morgan fingerprint density at radius 2 is 1.85 bits per heavy atom. The zero-order chi connectivity index (χ0) is 15.2. The largest absolute Gasteiger partial charge is 0.413 e. The molecule has 6 nitrogen and oxygen atoms in total. The van der Waals surface area contributed by atoms with Gasteiger partial charge in [0, 0.05) is 6.92 Å². The maximum atomic E-state index is 12.5. The van der Waals surface area contributed by atoms with E-state index >= 15 is 0 Å². The molecular weight excluding hydrogens is 341 g/mol. The Kier molecular flexibility index (Phi) is 7.57. The molecule has 0 aliphatic carbocycles. The van der Waals surface area contributed by atoms with Crippen LogP contribution in [0.25, 0.3) is 0 Å². The van der Waals surface area contributed by atoms with Crippen LogP contribution in [0, 0.1) is 6.92 Å². The third-order valence-electron chi connectivity index (χ3n) is 1.81. The van der Waals surface area contributed by atoms with Crippen molar-refractivity contribution in [2.45, 2.75) is 27.7 Å². The fourth-order valence-corrected chi connectivity index (χ4v) is 6.42. The van der Waals surface area contributed by atoms with Crippen molar-refractivity contribution in [3.05, 3.63) is 10.6 Å². The van der Waals surface area contributed by atoms with Gasteiger partial charge in [0.15, 0.2) is 5.78 Å². The Balaban J connectivity index is 2.86. The highest BCUT2D eigenvalue weighted by Gasteiger charge is 2.32. The summed E-state index contributed by atoms with van der Waals surface area (Å²) in [6, 6.07) is 0. The highest BCUT2D eigenvalue weighted by atomic mass is 33.1. The minimum atomic E-state index is -3.29. The molecule has 0 aliphatic heterocycles. The summed E-state index contributed by atoms with van der Waals surface area (Å²) in [7, 11) is 0. The van der Waals surface area contributed by atoms with Gasteiger partial charge < -0.3 is 12.9 Å². The monoisotopic (exact) mass is 357 g/mol. The van der Waals surface area contributed by atoms with E-state index in [0.29, 0.717) is 23.8 Å². The van der Waals surface area contributed by atoms with Crippen molar-refractivity contribution < 1.29 is 22.2 Å². The first-order valence-corrected chi connectivity index (χ1v) is 11.0. The molecule has 0 radical (unpaired) electrons. The lowest BCUT2D eigenvalue weighted by atomic mass is 10.3. The first-order chi connectivity index (χ1) is 9.41. The molecule has 0 spiro atoms. The van der Waals surface area contributed by atoms with E-state index in [4.69, 9.17) is 12.9 Å². The molecule has 0 saturated heterocycles. The quantitative estimate of drug-likeness (QED) is 0.363. The summed E-state index contributed by atoms with van der Waals surface area (Å²) in [6.45, 7) is 7.50. The molecule has 0 aromatic carbocycles. The molecule has 0 saturated carbocycles. The Morgan fingerprint density at radius 3 is 2.25 bits per heavy atom. The summed E-state index contributed by atoms with van der Waals surface area (Å²) in [6.07, 6.45) is 0. The fraction of sp³-hybridized carbons (Fsp3) is 0.600. The number of ketones is 1. The normalized spacial score (nSPS) is 11.6. The van der Waals surface area contributed by atoms with Gasteiger partial charge in [0.1, 0.15) is 23.3 Å². The number of hydrogen-bond acceptors (Lipinski definition) is 9. The molecular formula is C10H16NO5PS3. The third-order valence-corrected chi connectivity index (χ3v) is 7.78. The van der Waals surface area contributed by atoms with Gasteiger partial charge in [-0.3, -0.25) is 4.79 Å². The minimum Gasteiger partial charge on any atom is -0.398 e. The molecule has 0 N–H and O–H groups in total. The van der Waals surface area contributed by atoms with Crippen molar-refractivity contribution in [1.82, 2.24) is 4.98 Å². The van der Waals surface area contributed by atoms with Crippen LogP contribution in [0.15, 0.2) is 0 Å². The summed E-state index contributed by atoms with van der Waals surface area (Å²) in [4.78, 5) is 16.0. The molecule has 1 heterocycles. The number of carbonyl (C=O) groups excluding carboxylic acids is 1. The Hall–Kier alpha value is -0.0500. The SMILES string of the molecule is CCOSP(=O)(Oc1nc(C)c(C(C)=O)s1)SOCC. The molecule has 1 aromatic rings. The van der Waals surface area contributed by atoms with E-state index in [1.165, 1.54) is 6.92 Å². The van der Waals surface area contributed by atoms with E-state index in [2.05, 4.69) is 4.98 Å². The molecule has 20 heavy (non-hydrogen) atoms. The minimum absolute atomic E-state index is 0.0976. The average Bonchev–Trinajstić information content (AvgIpc) is 2.75. The van der Waals surface area contributed by atoms with Crippen LogP contribution in [-0.2, 0) is 12.9 Å². The van der Waals surface area contributed by atoms with Crippen LogP contribution >= 0.6 is 40.4 Å². The molecule has 114 valence electrons. The standard InChI is InChI=1S/C10H16NO5PS3/c1-5-14-19-17(13,20-15-6-2)16-10-11-7(3)9(18-10)8(4)12/h5-6H2,1-4H3. The molecule has 0 fully saturated rings. The lowest BCUT2D eigenvalue weighted by Crippen LogP contribution is -1.90. The van der Waals surface area contributed by atoms with E-state index < -0.39 is 5.77 Å². The first kappa shape index (κ1) is 18.0. The molecule has 0 amide bonds. The fourth-order valence-electron chi connectivity index (χ4n) is 1.11. The van der Waals surface area contributed by atoms with Crippen molar-refractivity contribution >= 4 is 46.2 Å². The summed E-state index contributed by atoms with van der Waals surface area (Å²) < 4.78 is 28.1. The third kappa shape index (κ3) is 5.38. The smallest absolute Gasteiger partial charge is 0.398 e. The van der Waals surface area contributed by atoms with Gasteiger partial charge in [0.05, 0.1) is 23.8 Å². The van der Waals surface area contributed by atoms with E-state index in [-0.39, 0.29) is 11.0 Å². The summed E-state index contributed by atoms with van der Waals surface area (Å²) in [5, 5.41) is 0.176. The van der Waals surface area contributed by atoms with Crippen LogP contribution in [0.3, 0.4) is 0 Å². The molecule has 1 aromatic heterocycles. The van der Waals surface area contributed by atoms with E-state index in [1.54, 1.807) is 20.8 Å². The Bertz CT molecular complexity index is 495. The van der Waals surface area contributed by atoms with E-state index in [9.17, 15) is 9.36 Å². The molecule has 0 bridgehead atoms. The van der Waals surface area contributed by atoms with Gasteiger partial charge in [0.25, 0.3) is 5.19 Å². The predicted molar refractivity (Wildman–Crippen MR) is 83.5 cm³/mol. The van der Waals surface area contributed by atoms with Crippen molar-refractivity contribution in [2.24, 2.45) is 0 Å². The van der Waals surface area contributed by atoms with Crippen molar-refractivity contribution in [1.29, 1.82) is 0 Å². The van der Waals surface area contributed by atoms with Gasteiger partial charge in [-0.15, -0.1) is 0 Å². The van der Waals surface area contributed by atoms with Crippen molar-refractivity contribution in [3.63, 3.8) is 0 Å². The van der Waals surface area contributed by atoms with Crippen LogP contribution in [-0.4, -0.2) is 24.0 Å². The maximum Gasteiger partial charge on any atom is 0.413 e. The predicted octanol–water partition coefficient (Wildman–Crippen LogP) is 4.51. The zero-order valence-electron chi connectivity index (χ0n) is 11.6. The number of hydrogen-bond donors (Lipinski definition) is 0. The highest BCUT2D eigenvalue weighted by Crippen LogP contribution is 2.69. The van der Waals surface area contributed by atoms with Gasteiger partial charge >= 0.3 is 5.77 Å². The van der Waals surface area contributed by atoms with Crippen LogP contribution in [0.5, 0.6) is 5.19 Å². The number of aromatic nitrogens is 1. The second-order valence-corrected chi connectivity index (χ2v) is 10.7. The second kappa shape index (κ2) is 8.41. The summed E-state index contributed by atoms with van der Waals surface area (Å²) in [5.74, 6) is -3.38. The number of rotatable bonds is 9. The average molecular weight is 357 g/mol. The summed E-state index contributed by atoms with van der Waals surface area (Å²) >= 11 is 2.54. The zero-order valence-corrected chi connectivity index (χ0v) is 14.9. The van der Waals surface area contributed by atoms with Crippen LogP contribution in [0.1, 0.15) is 36.1 Å². The van der Waals surface area contributed by atoms with Crippen LogP contribution in [0.2, 0.25) is 0 Å². The number of aryl methyl sites for hydroxylation is 1. The molecule has 0 atom stereocenters. The Labute approximate surface area is 130 Å². The molecule has 10 heteroatoms. The van der Waals surface area contributed by atoms with Crippen molar-refractivity contribution in [2.75, 3.05) is 13.2 Å². The first-order valence-electron chi connectivity index (χ1n) is 5.82. The van der Waals surface area contributed by atoms with Gasteiger partial charge in [-0.05, 0) is 20.8 Å². The topological polar surface area (TPSA) is 74.7 Å². The van der Waals surface area contributed by atoms with Gasteiger partial charge in [-0.25, -0.2) is 9.55 Å². The van der Waals surface area contributed by atoms with Gasteiger partial charge in [-0.1, -0.05) is 11.3 Å².